The first-order valence-electron chi connectivity index (χ1n) is 3.75. The molecule has 0 spiro atoms. The van der Waals surface area contributed by atoms with Gasteiger partial charge >= 0.3 is 0 Å². The lowest BCUT2D eigenvalue weighted by atomic mass is 10.2. The molecule has 0 fully saturated rings. The van der Waals surface area contributed by atoms with Crippen LogP contribution in [0.15, 0.2) is 23.1 Å². The molecule has 2 nitrogen and oxygen atoms in total. The Morgan fingerprint density at radius 2 is 1.79 bits per heavy atom. The molecule has 2 aromatic rings. The van der Waals surface area contributed by atoms with Gasteiger partial charge in [0.25, 0.3) is 0 Å². The molecule has 0 radical (unpaired) electrons. The molecule has 0 aliphatic rings. The molecular weight excluding hydrogens is 244 g/mol. The van der Waals surface area contributed by atoms with Crippen molar-refractivity contribution in [2.24, 2.45) is 0 Å². The summed E-state index contributed by atoms with van der Waals surface area (Å²) >= 11 is 17.3. The second kappa shape index (κ2) is 3.46. The molecule has 0 unspecified atom stereocenters. The summed E-state index contributed by atoms with van der Waals surface area (Å²) in [6.45, 7) is 0. The van der Waals surface area contributed by atoms with Crippen LogP contribution in [-0.4, -0.2) is 4.98 Å². The number of nitrogens with one attached hydrogen (secondary N) is 1. The zero-order valence-corrected chi connectivity index (χ0v) is 9.04. The average Bonchev–Trinajstić information content (AvgIpc) is 2.10. The van der Waals surface area contributed by atoms with Crippen molar-refractivity contribution in [1.82, 2.24) is 4.98 Å². The predicted molar refractivity (Wildman–Crippen MR) is 59.6 cm³/mol. The van der Waals surface area contributed by atoms with E-state index in [1.54, 1.807) is 6.07 Å². The molecule has 0 saturated carbocycles. The van der Waals surface area contributed by atoms with Crippen molar-refractivity contribution in [2.45, 2.75) is 0 Å². The Kier molecular flexibility index (Phi) is 2.43. The van der Waals surface area contributed by atoms with Gasteiger partial charge in [-0.3, -0.25) is 4.79 Å². The molecule has 72 valence electrons. The number of hydrogen-bond donors (Lipinski definition) is 1. The zero-order chi connectivity index (χ0) is 10.3. The van der Waals surface area contributed by atoms with Crippen LogP contribution < -0.4 is 5.43 Å². The number of pyridine rings is 1. The minimum Gasteiger partial charge on any atom is -0.359 e. The minimum absolute atomic E-state index is 0.113. The number of aromatic amines is 1. The standard InChI is InChI=1S/C9H4Cl3NO/c10-4-1-5(11)8-7(2-4)13-3-6(12)9(8)14/h1-3H,(H,13,14). The SMILES string of the molecule is O=c1c(Cl)c[nH]c2cc(Cl)cc(Cl)c12. The molecule has 0 aliphatic carbocycles. The van der Waals surface area contributed by atoms with E-state index in [0.29, 0.717) is 20.9 Å². The number of H-pyrrole nitrogens is 1. The first kappa shape index (κ1) is 9.84. The van der Waals surface area contributed by atoms with Crippen molar-refractivity contribution in [1.29, 1.82) is 0 Å². The van der Waals surface area contributed by atoms with Gasteiger partial charge in [0, 0.05) is 11.2 Å². The fourth-order valence-corrected chi connectivity index (χ4v) is 1.97. The second-order valence-corrected chi connectivity index (χ2v) is 4.03. The van der Waals surface area contributed by atoms with E-state index in [1.165, 1.54) is 12.3 Å². The molecule has 1 heterocycles. The van der Waals surface area contributed by atoms with Gasteiger partial charge in [0.2, 0.25) is 5.43 Å². The van der Waals surface area contributed by atoms with Crippen LogP contribution >= 0.6 is 34.8 Å². The summed E-state index contributed by atoms with van der Waals surface area (Å²) in [5.41, 5.74) is 0.291. The van der Waals surface area contributed by atoms with Crippen molar-refractivity contribution in [3.8, 4) is 0 Å². The molecule has 0 aliphatic heterocycles. The number of rotatable bonds is 0. The minimum atomic E-state index is -0.290. The fraction of sp³-hybridized carbons (Fsp3) is 0. The van der Waals surface area contributed by atoms with Gasteiger partial charge in [0.05, 0.1) is 15.9 Å². The van der Waals surface area contributed by atoms with E-state index in [-0.39, 0.29) is 10.5 Å². The molecule has 1 N–H and O–H groups in total. The Morgan fingerprint density at radius 1 is 1.07 bits per heavy atom. The Hall–Kier alpha value is -0.700. The molecule has 0 amide bonds. The maximum Gasteiger partial charge on any atom is 0.209 e. The van der Waals surface area contributed by atoms with Gasteiger partial charge in [-0.1, -0.05) is 34.8 Å². The maximum atomic E-state index is 11.6. The van der Waals surface area contributed by atoms with E-state index in [2.05, 4.69) is 4.98 Å². The quantitative estimate of drug-likeness (QED) is 0.760. The monoisotopic (exact) mass is 247 g/mol. The van der Waals surface area contributed by atoms with E-state index in [9.17, 15) is 4.79 Å². The van der Waals surface area contributed by atoms with Gasteiger partial charge < -0.3 is 4.98 Å². The second-order valence-electron chi connectivity index (χ2n) is 2.78. The largest absolute Gasteiger partial charge is 0.359 e. The van der Waals surface area contributed by atoms with E-state index < -0.39 is 0 Å². The third-order valence-corrected chi connectivity index (χ3v) is 2.65. The maximum absolute atomic E-state index is 11.6. The van der Waals surface area contributed by atoms with Gasteiger partial charge in [-0.25, -0.2) is 0 Å². The zero-order valence-electron chi connectivity index (χ0n) is 6.77. The summed E-state index contributed by atoms with van der Waals surface area (Å²) < 4.78 is 0. The highest BCUT2D eigenvalue weighted by Gasteiger charge is 2.07. The Balaban J connectivity index is 3.03. The lowest BCUT2D eigenvalue weighted by Crippen LogP contribution is -2.03. The molecule has 5 heteroatoms. The molecule has 1 aromatic carbocycles. The molecule has 0 bridgehead atoms. The van der Waals surface area contributed by atoms with Crippen molar-refractivity contribution in [2.75, 3.05) is 0 Å². The number of aromatic nitrogens is 1. The number of benzene rings is 1. The third kappa shape index (κ3) is 1.50. The summed E-state index contributed by atoms with van der Waals surface area (Å²) in [6, 6.07) is 3.14. The smallest absolute Gasteiger partial charge is 0.209 e. The third-order valence-electron chi connectivity index (χ3n) is 1.85. The Morgan fingerprint density at radius 3 is 2.50 bits per heavy atom. The fourth-order valence-electron chi connectivity index (χ4n) is 1.24. The van der Waals surface area contributed by atoms with Crippen LogP contribution in [-0.2, 0) is 0 Å². The van der Waals surface area contributed by atoms with Gasteiger partial charge in [0.1, 0.15) is 5.02 Å². The van der Waals surface area contributed by atoms with Gasteiger partial charge in [0.15, 0.2) is 0 Å². The van der Waals surface area contributed by atoms with Crippen LogP contribution in [0.1, 0.15) is 0 Å². The summed E-state index contributed by atoms with van der Waals surface area (Å²) in [7, 11) is 0. The summed E-state index contributed by atoms with van der Waals surface area (Å²) in [6.07, 6.45) is 1.42. The summed E-state index contributed by atoms with van der Waals surface area (Å²) in [5, 5.41) is 1.25. The highest BCUT2D eigenvalue weighted by Crippen LogP contribution is 2.24. The molecule has 1 aromatic heterocycles. The first-order chi connectivity index (χ1) is 6.59. The summed E-state index contributed by atoms with van der Waals surface area (Å²) in [5.74, 6) is 0. The van der Waals surface area contributed by atoms with Crippen molar-refractivity contribution < 1.29 is 0 Å². The number of fused-ring (bicyclic) bond motifs is 1. The Labute approximate surface area is 94.4 Å². The summed E-state index contributed by atoms with van der Waals surface area (Å²) in [4.78, 5) is 14.4. The van der Waals surface area contributed by atoms with E-state index in [4.69, 9.17) is 34.8 Å². The van der Waals surface area contributed by atoms with Crippen LogP contribution in [0.5, 0.6) is 0 Å². The van der Waals surface area contributed by atoms with Crippen molar-refractivity contribution in [3.63, 3.8) is 0 Å². The predicted octanol–water partition coefficient (Wildman–Crippen LogP) is 3.49. The van der Waals surface area contributed by atoms with Gasteiger partial charge in [-0.15, -0.1) is 0 Å². The molecule has 2 rings (SSSR count). The number of hydrogen-bond acceptors (Lipinski definition) is 1. The van der Waals surface area contributed by atoms with Crippen LogP contribution in [0.2, 0.25) is 15.1 Å². The normalized spacial score (nSPS) is 10.8. The van der Waals surface area contributed by atoms with E-state index >= 15 is 0 Å². The lowest BCUT2D eigenvalue weighted by Gasteiger charge is -2.01. The average molecular weight is 248 g/mol. The van der Waals surface area contributed by atoms with Gasteiger partial charge in [-0.05, 0) is 12.1 Å². The van der Waals surface area contributed by atoms with Crippen molar-refractivity contribution in [3.05, 3.63) is 43.6 Å². The van der Waals surface area contributed by atoms with E-state index in [1.807, 2.05) is 0 Å². The van der Waals surface area contributed by atoms with Gasteiger partial charge in [-0.2, -0.15) is 0 Å². The first-order valence-corrected chi connectivity index (χ1v) is 4.89. The van der Waals surface area contributed by atoms with Crippen LogP contribution in [0.25, 0.3) is 10.9 Å². The van der Waals surface area contributed by atoms with Crippen molar-refractivity contribution >= 4 is 45.7 Å². The molecule has 0 saturated heterocycles. The highest BCUT2D eigenvalue weighted by atomic mass is 35.5. The number of halogens is 3. The molecular formula is C9H4Cl3NO. The van der Waals surface area contributed by atoms with Crippen LogP contribution in [0.4, 0.5) is 0 Å². The van der Waals surface area contributed by atoms with E-state index in [0.717, 1.165) is 0 Å². The lowest BCUT2D eigenvalue weighted by molar-refractivity contribution is 1.39. The Bertz CT molecular complexity index is 562. The highest BCUT2D eigenvalue weighted by molar-refractivity contribution is 6.39. The topological polar surface area (TPSA) is 32.9 Å². The molecule has 0 atom stereocenters. The molecule has 14 heavy (non-hydrogen) atoms. The van der Waals surface area contributed by atoms with Crippen LogP contribution in [0.3, 0.4) is 0 Å². The van der Waals surface area contributed by atoms with Crippen LogP contribution in [0, 0.1) is 0 Å².